The Kier molecular flexibility index (Phi) is 6.46. The SMILES string of the molecule is Cc1ccccc1NC(=O)CN1CC(CN)CC1C.Cl. The van der Waals surface area contributed by atoms with Gasteiger partial charge >= 0.3 is 0 Å². The van der Waals surface area contributed by atoms with Crippen LogP contribution in [0, 0.1) is 12.8 Å². The lowest BCUT2D eigenvalue weighted by Crippen LogP contribution is -2.36. The van der Waals surface area contributed by atoms with Gasteiger partial charge in [0.2, 0.25) is 5.91 Å². The number of carbonyl (C=O) groups excluding carboxylic acids is 1. The van der Waals surface area contributed by atoms with Crippen LogP contribution in [0.3, 0.4) is 0 Å². The Morgan fingerprint density at radius 2 is 2.15 bits per heavy atom. The van der Waals surface area contributed by atoms with Gasteiger partial charge in [0.05, 0.1) is 6.54 Å². The number of anilines is 1. The molecule has 2 atom stereocenters. The fraction of sp³-hybridized carbons (Fsp3) is 0.533. The van der Waals surface area contributed by atoms with E-state index in [0.29, 0.717) is 25.0 Å². The van der Waals surface area contributed by atoms with E-state index in [1.807, 2.05) is 31.2 Å². The summed E-state index contributed by atoms with van der Waals surface area (Å²) < 4.78 is 0. The molecule has 0 aromatic heterocycles. The molecular weight excluding hydrogens is 274 g/mol. The van der Waals surface area contributed by atoms with Crippen molar-refractivity contribution < 1.29 is 4.79 Å². The average molecular weight is 298 g/mol. The van der Waals surface area contributed by atoms with Gasteiger partial charge in [-0.3, -0.25) is 9.69 Å². The van der Waals surface area contributed by atoms with Crippen LogP contribution in [0.25, 0.3) is 0 Å². The first kappa shape index (κ1) is 17.0. The normalized spacial score (nSPS) is 22.4. The first-order valence-corrected chi connectivity index (χ1v) is 6.89. The maximum absolute atomic E-state index is 12.1. The summed E-state index contributed by atoms with van der Waals surface area (Å²) in [6, 6.07) is 8.28. The first-order valence-electron chi connectivity index (χ1n) is 6.89. The van der Waals surface area contributed by atoms with E-state index in [1.54, 1.807) is 0 Å². The second-order valence-corrected chi connectivity index (χ2v) is 5.48. The summed E-state index contributed by atoms with van der Waals surface area (Å²) >= 11 is 0. The van der Waals surface area contributed by atoms with Gasteiger partial charge in [-0.15, -0.1) is 12.4 Å². The lowest BCUT2D eigenvalue weighted by Gasteiger charge is -2.20. The third-order valence-electron chi connectivity index (χ3n) is 3.89. The highest BCUT2D eigenvalue weighted by Gasteiger charge is 2.29. The molecule has 2 unspecified atom stereocenters. The van der Waals surface area contributed by atoms with Crippen LogP contribution in [0.1, 0.15) is 18.9 Å². The Morgan fingerprint density at radius 3 is 2.75 bits per heavy atom. The summed E-state index contributed by atoms with van der Waals surface area (Å²) in [4.78, 5) is 14.3. The zero-order valence-corrected chi connectivity index (χ0v) is 13.0. The number of nitrogens with zero attached hydrogens (tertiary/aromatic N) is 1. The zero-order valence-electron chi connectivity index (χ0n) is 12.1. The minimum Gasteiger partial charge on any atom is -0.330 e. The van der Waals surface area contributed by atoms with Crippen LogP contribution >= 0.6 is 12.4 Å². The number of benzene rings is 1. The summed E-state index contributed by atoms with van der Waals surface area (Å²) in [5.41, 5.74) is 7.69. The van der Waals surface area contributed by atoms with Gasteiger partial charge in [0.25, 0.3) is 0 Å². The Morgan fingerprint density at radius 1 is 1.45 bits per heavy atom. The van der Waals surface area contributed by atoms with Crippen LogP contribution in [0.5, 0.6) is 0 Å². The molecule has 0 radical (unpaired) electrons. The third-order valence-corrected chi connectivity index (χ3v) is 3.89. The molecule has 5 heteroatoms. The minimum absolute atomic E-state index is 0. The van der Waals surface area contributed by atoms with Crippen molar-refractivity contribution in [3.63, 3.8) is 0 Å². The highest BCUT2D eigenvalue weighted by Crippen LogP contribution is 2.22. The van der Waals surface area contributed by atoms with E-state index in [-0.39, 0.29) is 18.3 Å². The van der Waals surface area contributed by atoms with Crippen molar-refractivity contribution in [3.8, 4) is 0 Å². The number of hydrogen-bond donors (Lipinski definition) is 2. The summed E-state index contributed by atoms with van der Waals surface area (Å²) in [5.74, 6) is 0.583. The molecule has 0 bridgehead atoms. The number of rotatable bonds is 4. The van der Waals surface area contributed by atoms with Crippen molar-refractivity contribution in [3.05, 3.63) is 29.8 Å². The predicted molar refractivity (Wildman–Crippen MR) is 85.3 cm³/mol. The molecule has 3 N–H and O–H groups in total. The maximum atomic E-state index is 12.1. The maximum Gasteiger partial charge on any atom is 0.238 e. The van der Waals surface area contributed by atoms with Crippen LogP contribution in [-0.4, -0.2) is 36.5 Å². The van der Waals surface area contributed by atoms with Crippen LogP contribution in [0.4, 0.5) is 5.69 Å². The summed E-state index contributed by atoms with van der Waals surface area (Å²) in [5, 5.41) is 2.98. The summed E-state index contributed by atoms with van der Waals surface area (Å²) in [6.07, 6.45) is 1.09. The molecule has 1 aromatic carbocycles. The van der Waals surface area contributed by atoms with Crippen LogP contribution in [-0.2, 0) is 4.79 Å². The van der Waals surface area contributed by atoms with E-state index in [0.717, 1.165) is 24.2 Å². The molecule has 112 valence electrons. The average Bonchev–Trinajstić information content (AvgIpc) is 2.73. The topological polar surface area (TPSA) is 58.4 Å². The number of aryl methyl sites for hydroxylation is 1. The van der Waals surface area contributed by atoms with E-state index < -0.39 is 0 Å². The molecule has 4 nitrogen and oxygen atoms in total. The largest absolute Gasteiger partial charge is 0.330 e. The fourth-order valence-corrected chi connectivity index (χ4v) is 2.70. The van der Waals surface area contributed by atoms with E-state index in [2.05, 4.69) is 17.1 Å². The molecule has 1 aromatic rings. The van der Waals surface area contributed by atoms with E-state index in [9.17, 15) is 4.79 Å². The highest BCUT2D eigenvalue weighted by atomic mass is 35.5. The lowest BCUT2D eigenvalue weighted by molar-refractivity contribution is -0.117. The van der Waals surface area contributed by atoms with Crippen molar-refractivity contribution in [2.75, 3.05) is 25.0 Å². The monoisotopic (exact) mass is 297 g/mol. The van der Waals surface area contributed by atoms with Gasteiger partial charge in [-0.1, -0.05) is 18.2 Å². The highest BCUT2D eigenvalue weighted by molar-refractivity contribution is 5.92. The fourth-order valence-electron chi connectivity index (χ4n) is 2.70. The van der Waals surface area contributed by atoms with Crippen LogP contribution in [0.2, 0.25) is 0 Å². The molecule has 0 aliphatic carbocycles. The molecule has 0 saturated carbocycles. The summed E-state index contributed by atoms with van der Waals surface area (Å²) in [6.45, 7) is 6.25. The number of halogens is 1. The number of nitrogens with two attached hydrogens (primary N) is 1. The lowest BCUT2D eigenvalue weighted by atomic mass is 10.1. The Bertz CT molecular complexity index is 452. The van der Waals surface area contributed by atoms with Gasteiger partial charge in [0.1, 0.15) is 0 Å². The number of nitrogens with one attached hydrogen (secondary N) is 1. The molecule has 1 fully saturated rings. The molecule has 0 spiro atoms. The van der Waals surface area contributed by atoms with Gasteiger partial charge in [-0.2, -0.15) is 0 Å². The van der Waals surface area contributed by atoms with Crippen LogP contribution in [0.15, 0.2) is 24.3 Å². The number of carbonyl (C=O) groups is 1. The molecule has 1 amide bonds. The molecule has 1 aliphatic heterocycles. The molecule has 1 aliphatic rings. The van der Waals surface area contributed by atoms with Crippen molar-refractivity contribution in [1.82, 2.24) is 4.90 Å². The number of likely N-dealkylation sites (tertiary alicyclic amines) is 1. The molecule has 1 heterocycles. The van der Waals surface area contributed by atoms with E-state index in [1.165, 1.54) is 0 Å². The van der Waals surface area contributed by atoms with E-state index >= 15 is 0 Å². The number of para-hydroxylation sites is 1. The minimum atomic E-state index is 0. The molecule has 20 heavy (non-hydrogen) atoms. The quantitative estimate of drug-likeness (QED) is 0.894. The second-order valence-electron chi connectivity index (χ2n) is 5.48. The molecule has 2 rings (SSSR count). The van der Waals surface area contributed by atoms with Crippen molar-refractivity contribution in [2.45, 2.75) is 26.3 Å². The Labute approximate surface area is 127 Å². The van der Waals surface area contributed by atoms with Crippen molar-refractivity contribution in [2.24, 2.45) is 11.7 Å². The zero-order chi connectivity index (χ0) is 13.8. The Balaban J connectivity index is 0.00000200. The first-order chi connectivity index (χ1) is 9.10. The molecular formula is C15H24ClN3O. The van der Waals surface area contributed by atoms with E-state index in [4.69, 9.17) is 5.73 Å². The van der Waals surface area contributed by atoms with Crippen LogP contribution < -0.4 is 11.1 Å². The van der Waals surface area contributed by atoms with Gasteiger partial charge < -0.3 is 11.1 Å². The Hall–Kier alpha value is -1.10. The van der Waals surface area contributed by atoms with Crippen molar-refractivity contribution in [1.29, 1.82) is 0 Å². The smallest absolute Gasteiger partial charge is 0.238 e. The van der Waals surface area contributed by atoms with Gasteiger partial charge in [-0.25, -0.2) is 0 Å². The summed E-state index contributed by atoms with van der Waals surface area (Å²) in [7, 11) is 0. The number of amides is 1. The van der Waals surface area contributed by atoms with Crippen molar-refractivity contribution >= 4 is 24.0 Å². The van der Waals surface area contributed by atoms with Gasteiger partial charge in [-0.05, 0) is 44.4 Å². The molecule has 1 saturated heterocycles. The standard InChI is InChI=1S/C15H23N3O.ClH/c1-11-5-3-4-6-14(11)17-15(19)10-18-9-13(8-16)7-12(18)2;/h3-6,12-13H,7-10,16H2,1-2H3,(H,17,19);1H. The van der Waals surface area contributed by atoms with Gasteiger partial charge in [0, 0.05) is 18.3 Å². The number of hydrogen-bond acceptors (Lipinski definition) is 3. The second kappa shape index (κ2) is 7.62. The third kappa shape index (κ3) is 4.20. The van der Waals surface area contributed by atoms with Gasteiger partial charge in [0.15, 0.2) is 0 Å². The predicted octanol–water partition coefficient (Wildman–Crippen LogP) is 2.02.